The summed E-state index contributed by atoms with van der Waals surface area (Å²) in [5, 5.41) is 8.02. The molecule has 0 bridgehead atoms. The molecule has 1 saturated carbocycles. The first-order chi connectivity index (χ1) is 15.6. The van der Waals surface area contributed by atoms with Gasteiger partial charge in [-0.1, -0.05) is 77.7 Å². The van der Waals surface area contributed by atoms with Crippen LogP contribution in [0, 0.1) is 23.5 Å². The fourth-order valence-corrected chi connectivity index (χ4v) is 4.69. The molecule has 0 radical (unpaired) electrons. The van der Waals surface area contributed by atoms with Crippen molar-refractivity contribution in [3.05, 3.63) is 41.5 Å². The fourth-order valence-electron chi connectivity index (χ4n) is 4.69. The molecule has 1 fully saturated rings. The Morgan fingerprint density at radius 2 is 1.53 bits per heavy atom. The molecule has 2 aromatic rings. The van der Waals surface area contributed by atoms with E-state index in [0.717, 1.165) is 25.2 Å². The van der Waals surface area contributed by atoms with Crippen LogP contribution >= 0.6 is 0 Å². The van der Waals surface area contributed by atoms with Gasteiger partial charge in [0.2, 0.25) is 5.88 Å². The molecule has 32 heavy (non-hydrogen) atoms. The summed E-state index contributed by atoms with van der Waals surface area (Å²) in [5.41, 5.74) is 0.924. The van der Waals surface area contributed by atoms with E-state index in [1.807, 2.05) is 0 Å². The molecular weight excluding hydrogens is 406 g/mol. The molecule has 0 N–H and O–H groups in total. The molecule has 0 amide bonds. The minimum atomic E-state index is -0.837. The van der Waals surface area contributed by atoms with Crippen LogP contribution in [0.1, 0.15) is 90.0 Å². The van der Waals surface area contributed by atoms with Crippen LogP contribution in [0.3, 0.4) is 0 Å². The van der Waals surface area contributed by atoms with Gasteiger partial charge in [0.15, 0.2) is 11.6 Å². The Balaban J connectivity index is 1.52. The van der Waals surface area contributed by atoms with E-state index >= 15 is 0 Å². The molecule has 176 valence electrons. The van der Waals surface area contributed by atoms with Crippen LogP contribution in [-0.4, -0.2) is 16.8 Å². The Morgan fingerprint density at radius 1 is 0.812 bits per heavy atom. The first kappa shape index (κ1) is 24.6. The zero-order valence-electron chi connectivity index (χ0n) is 19.7. The minimum Gasteiger partial charge on any atom is -0.477 e. The van der Waals surface area contributed by atoms with E-state index in [0.29, 0.717) is 36.1 Å². The molecule has 1 aromatic carbocycles. The van der Waals surface area contributed by atoms with Crippen LogP contribution in [0.4, 0.5) is 8.78 Å². The summed E-state index contributed by atoms with van der Waals surface area (Å²) in [6.45, 7) is 4.90. The number of rotatable bonds is 12. The molecule has 0 aliphatic heterocycles. The molecule has 0 atom stereocenters. The second kappa shape index (κ2) is 12.9. The van der Waals surface area contributed by atoms with Crippen LogP contribution in [-0.2, 0) is 6.42 Å². The summed E-state index contributed by atoms with van der Waals surface area (Å²) >= 11 is 0. The topological polar surface area (TPSA) is 35.0 Å². The SMILES string of the molecule is CCCCCC1CCC(CCc2ccc(-c3ccc(OCCCC)nn3)c(F)c2F)CC1. The summed E-state index contributed by atoms with van der Waals surface area (Å²) < 4.78 is 35.1. The van der Waals surface area contributed by atoms with E-state index in [9.17, 15) is 8.78 Å². The second-order valence-electron chi connectivity index (χ2n) is 9.28. The van der Waals surface area contributed by atoms with Crippen molar-refractivity contribution in [2.24, 2.45) is 11.8 Å². The largest absolute Gasteiger partial charge is 0.477 e. The highest BCUT2D eigenvalue weighted by atomic mass is 19.2. The molecule has 1 aliphatic rings. The standard InChI is InChI=1S/C27H38F2N2O/c1-3-5-7-8-20-9-11-21(12-10-20)13-14-22-15-16-23(27(29)26(22)28)24-17-18-25(31-30-24)32-19-6-4-2/h15-18,20-21H,3-14,19H2,1-2H3. The second-order valence-corrected chi connectivity index (χ2v) is 9.28. The van der Waals surface area contributed by atoms with Gasteiger partial charge in [0.25, 0.3) is 0 Å². The van der Waals surface area contributed by atoms with Crippen molar-refractivity contribution in [1.29, 1.82) is 0 Å². The zero-order chi connectivity index (χ0) is 22.8. The van der Waals surface area contributed by atoms with Gasteiger partial charge in [0, 0.05) is 11.6 Å². The van der Waals surface area contributed by atoms with Crippen LogP contribution < -0.4 is 4.74 Å². The number of aromatic nitrogens is 2. The summed E-state index contributed by atoms with van der Waals surface area (Å²) in [6, 6.07) is 6.62. The number of halogens is 2. The number of hydrogen-bond donors (Lipinski definition) is 0. The number of benzene rings is 1. The molecule has 3 nitrogen and oxygen atoms in total. The van der Waals surface area contributed by atoms with Gasteiger partial charge in [-0.3, -0.25) is 0 Å². The van der Waals surface area contributed by atoms with Gasteiger partial charge in [-0.15, -0.1) is 10.2 Å². The maximum atomic E-state index is 14.8. The molecule has 1 aromatic heterocycles. The summed E-state index contributed by atoms with van der Waals surface area (Å²) in [5.74, 6) is 0.318. The maximum Gasteiger partial charge on any atom is 0.233 e. The van der Waals surface area contributed by atoms with Crippen LogP contribution in [0.2, 0.25) is 0 Å². The molecule has 1 heterocycles. The lowest BCUT2D eigenvalue weighted by Crippen LogP contribution is -2.15. The smallest absolute Gasteiger partial charge is 0.233 e. The van der Waals surface area contributed by atoms with Crippen LogP contribution in [0.25, 0.3) is 11.3 Å². The van der Waals surface area contributed by atoms with E-state index in [1.54, 1.807) is 24.3 Å². The van der Waals surface area contributed by atoms with Crippen molar-refractivity contribution in [1.82, 2.24) is 10.2 Å². The van der Waals surface area contributed by atoms with E-state index in [4.69, 9.17) is 4.74 Å². The summed E-state index contributed by atoms with van der Waals surface area (Å²) in [7, 11) is 0. The van der Waals surface area contributed by atoms with Gasteiger partial charge in [0.1, 0.15) is 0 Å². The van der Waals surface area contributed by atoms with Crippen molar-refractivity contribution < 1.29 is 13.5 Å². The Bertz CT molecular complexity index is 817. The molecule has 0 saturated heterocycles. The quantitative estimate of drug-likeness (QED) is 0.312. The molecule has 5 heteroatoms. The van der Waals surface area contributed by atoms with Crippen molar-refractivity contribution in [3.63, 3.8) is 0 Å². The summed E-state index contributed by atoms with van der Waals surface area (Å²) in [6.07, 6.45) is 13.8. The number of nitrogens with zero attached hydrogens (tertiary/aromatic N) is 2. The lowest BCUT2D eigenvalue weighted by molar-refractivity contribution is 0.248. The third-order valence-electron chi connectivity index (χ3n) is 6.83. The fraction of sp³-hybridized carbons (Fsp3) is 0.630. The maximum absolute atomic E-state index is 14.8. The van der Waals surface area contributed by atoms with Crippen molar-refractivity contribution in [3.8, 4) is 17.1 Å². The molecular formula is C27H38F2N2O. The van der Waals surface area contributed by atoms with Gasteiger partial charge in [0.05, 0.1) is 12.3 Å². The monoisotopic (exact) mass is 444 g/mol. The summed E-state index contributed by atoms with van der Waals surface area (Å²) in [4.78, 5) is 0. The number of ether oxygens (including phenoxy) is 1. The normalized spacial score (nSPS) is 18.6. The number of hydrogen-bond acceptors (Lipinski definition) is 3. The van der Waals surface area contributed by atoms with Crippen LogP contribution in [0.15, 0.2) is 24.3 Å². The van der Waals surface area contributed by atoms with Crippen molar-refractivity contribution in [2.75, 3.05) is 6.61 Å². The lowest BCUT2D eigenvalue weighted by atomic mass is 9.77. The van der Waals surface area contributed by atoms with Gasteiger partial charge >= 0.3 is 0 Å². The average molecular weight is 445 g/mol. The molecule has 1 aliphatic carbocycles. The third-order valence-corrected chi connectivity index (χ3v) is 6.83. The van der Waals surface area contributed by atoms with Gasteiger partial charge in [-0.25, -0.2) is 8.78 Å². The Kier molecular flexibility index (Phi) is 9.89. The van der Waals surface area contributed by atoms with E-state index in [2.05, 4.69) is 24.0 Å². The number of aryl methyl sites for hydroxylation is 1. The predicted molar refractivity (Wildman–Crippen MR) is 126 cm³/mol. The first-order valence-electron chi connectivity index (χ1n) is 12.6. The molecule has 0 unspecified atom stereocenters. The zero-order valence-corrected chi connectivity index (χ0v) is 19.7. The van der Waals surface area contributed by atoms with E-state index in [-0.39, 0.29) is 5.56 Å². The first-order valence-corrected chi connectivity index (χ1v) is 12.6. The third kappa shape index (κ3) is 6.98. The van der Waals surface area contributed by atoms with Gasteiger partial charge in [-0.05, 0) is 48.8 Å². The van der Waals surface area contributed by atoms with Crippen molar-refractivity contribution in [2.45, 2.75) is 90.9 Å². The highest BCUT2D eigenvalue weighted by Gasteiger charge is 2.22. The van der Waals surface area contributed by atoms with Gasteiger partial charge in [-0.2, -0.15) is 0 Å². The molecule has 0 spiro atoms. The van der Waals surface area contributed by atoms with Crippen molar-refractivity contribution >= 4 is 0 Å². The van der Waals surface area contributed by atoms with Gasteiger partial charge < -0.3 is 4.74 Å². The average Bonchev–Trinajstić information content (AvgIpc) is 2.82. The predicted octanol–water partition coefficient (Wildman–Crippen LogP) is 7.92. The minimum absolute atomic E-state index is 0.145. The lowest BCUT2D eigenvalue weighted by Gasteiger charge is -2.28. The Hall–Kier alpha value is -2.04. The Morgan fingerprint density at radius 3 is 2.19 bits per heavy atom. The van der Waals surface area contributed by atoms with Crippen LogP contribution in [0.5, 0.6) is 5.88 Å². The highest BCUT2D eigenvalue weighted by molar-refractivity contribution is 5.60. The highest BCUT2D eigenvalue weighted by Crippen LogP contribution is 2.35. The van der Waals surface area contributed by atoms with E-state index < -0.39 is 11.6 Å². The van der Waals surface area contributed by atoms with E-state index in [1.165, 1.54) is 51.4 Å². The Labute approximate surface area is 192 Å². The number of unbranched alkanes of at least 4 members (excludes halogenated alkanes) is 3. The molecule has 3 rings (SSSR count).